The SMILES string of the molecule is Nc1cccc2c1CN(CC(F)(F)F)C2. The molecule has 0 saturated carbocycles. The monoisotopic (exact) mass is 216 g/mol. The molecular formula is C10H11F3N2. The quantitative estimate of drug-likeness (QED) is 0.729. The van der Waals surface area contributed by atoms with Gasteiger partial charge in [-0.25, -0.2) is 0 Å². The van der Waals surface area contributed by atoms with Crippen molar-refractivity contribution in [1.82, 2.24) is 4.90 Å². The van der Waals surface area contributed by atoms with Gasteiger partial charge in [-0.05, 0) is 17.2 Å². The zero-order chi connectivity index (χ0) is 11.1. The van der Waals surface area contributed by atoms with E-state index in [1.165, 1.54) is 4.90 Å². The molecule has 1 aromatic rings. The highest BCUT2D eigenvalue weighted by Crippen LogP contribution is 2.29. The molecule has 0 aromatic heterocycles. The van der Waals surface area contributed by atoms with Crippen molar-refractivity contribution >= 4 is 5.69 Å². The molecule has 5 heteroatoms. The molecule has 82 valence electrons. The van der Waals surface area contributed by atoms with Crippen LogP contribution in [0.2, 0.25) is 0 Å². The molecule has 0 unspecified atom stereocenters. The van der Waals surface area contributed by atoms with E-state index in [4.69, 9.17) is 5.73 Å². The molecule has 0 atom stereocenters. The molecule has 0 amide bonds. The van der Waals surface area contributed by atoms with Crippen LogP contribution in [0.5, 0.6) is 0 Å². The summed E-state index contributed by atoms with van der Waals surface area (Å²) in [4.78, 5) is 1.35. The first-order chi connectivity index (χ1) is 6.96. The molecule has 0 spiro atoms. The third-order valence-corrected chi connectivity index (χ3v) is 2.49. The third kappa shape index (κ3) is 2.23. The maximum atomic E-state index is 12.2. The van der Waals surface area contributed by atoms with E-state index in [-0.39, 0.29) is 0 Å². The number of anilines is 1. The summed E-state index contributed by atoms with van der Waals surface area (Å²) >= 11 is 0. The molecule has 15 heavy (non-hydrogen) atoms. The fourth-order valence-corrected chi connectivity index (χ4v) is 1.88. The zero-order valence-corrected chi connectivity index (χ0v) is 8.01. The lowest BCUT2D eigenvalue weighted by Gasteiger charge is -2.16. The van der Waals surface area contributed by atoms with Gasteiger partial charge in [0.2, 0.25) is 0 Å². The minimum absolute atomic E-state index is 0.293. The van der Waals surface area contributed by atoms with Gasteiger partial charge in [-0.15, -0.1) is 0 Å². The zero-order valence-electron chi connectivity index (χ0n) is 8.01. The molecule has 0 radical (unpaired) electrons. The Balaban J connectivity index is 2.13. The summed E-state index contributed by atoms with van der Waals surface area (Å²) in [5, 5.41) is 0. The van der Waals surface area contributed by atoms with Crippen molar-refractivity contribution in [2.45, 2.75) is 19.3 Å². The standard InChI is InChI=1S/C10H11F3N2/c11-10(12,13)6-15-4-7-2-1-3-9(14)8(7)5-15/h1-3H,4-6,14H2. The van der Waals surface area contributed by atoms with Crippen LogP contribution in [0.3, 0.4) is 0 Å². The van der Waals surface area contributed by atoms with Gasteiger partial charge in [0.05, 0.1) is 6.54 Å². The summed E-state index contributed by atoms with van der Waals surface area (Å²) in [6.45, 7) is -0.248. The number of nitrogens with two attached hydrogens (primary N) is 1. The number of hydrogen-bond acceptors (Lipinski definition) is 2. The Bertz CT molecular complexity index is 373. The van der Waals surface area contributed by atoms with Crippen LogP contribution in [-0.2, 0) is 13.1 Å². The molecule has 2 rings (SSSR count). The molecule has 0 bridgehead atoms. The Morgan fingerprint density at radius 3 is 2.60 bits per heavy atom. The first kappa shape index (κ1) is 10.3. The van der Waals surface area contributed by atoms with E-state index in [2.05, 4.69) is 0 Å². The van der Waals surface area contributed by atoms with Gasteiger partial charge in [0, 0.05) is 18.8 Å². The molecule has 1 heterocycles. The first-order valence-corrected chi connectivity index (χ1v) is 4.61. The summed E-state index contributed by atoms with van der Waals surface area (Å²) in [6.07, 6.45) is -4.14. The van der Waals surface area contributed by atoms with Crippen LogP contribution in [-0.4, -0.2) is 17.6 Å². The van der Waals surface area contributed by atoms with E-state index in [0.29, 0.717) is 18.8 Å². The number of halogens is 3. The molecule has 2 N–H and O–H groups in total. The highest BCUT2D eigenvalue weighted by atomic mass is 19.4. The van der Waals surface area contributed by atoms with Gasteiger partial charge in [-0.2, -0.15) is 13.2 Å². The normalized spacial score (nSPS) is 16.7. The first-order valence-electron chi connectivity index (χ1n) is 4.61. The predicted octanol–water partition coefficient (Wildman–Crippen LogP) is 2.15. The minimum atomic E-state index is -4.14. The van der Waals surface area contributed by atoms with Crippen LogP contribution in [0.25, 0.3) is 0 Å². The van der Waals surface area contributed by atoms with E-state index in [1.54, 1.807) is 12.1 Å². The van der Waals surface area contributed by atoms with Gasteiger partial charge in [0.15, 0.2) is 0 Å². The lowest BCUT2D eigenvalue weighted by Crippen LogP contribution is -2.30. The van der Waals surface area contributed by atoms with E-state index in [9.17, 15) is 13.2 Å². The summed E-state index contributed by atoms with van der Waals surface area (Å²) in [7, 11) is 0. The molecular weight excluding hydrogens is 205 g/mol. The van der Waals surface area contributed by atoms with Crippen LogP contribution < -0.4 is 5.73 Å². The Kier molecular flexibility index (Phi) is 2.34. The predicted molar refractivity (Wildman–Crippen MR) is 51.0 cm³/mol. The highest BCUT2D eigenvalue weighted by Gasteiger charge is 2.33. The van der Waals surface area contributed by atoms with Gasteiger partial charge in [-0.1, -0.05) is 12.1 Å². The van der Waals surface area contributed by atoms with Crippen LogP contribution in [0.1, 0.15) is 11.1 Å². The lowest BCUT2D eigenvalue weighted by atomic mass is 10.1. The smallest absolute Gasteiger partial charge is 0.398 e. The number of hydrogen-bond donors (Lipinski definition) is 1. The van der Waals surface area contributed by atoms with Gasteiger partial charge >= 0.3 is 6.18 Å². The van der Waals surface area contributed by atoms with Crippen LogP contribution in [0.4, 0.5) is 18.9 Å². The summed E-state index contributed by atoms with van der Waals surface area (Å²) in [5.41, 5.74) is 8.01. The third-order valence-electron chi connectivity index (χ3n) is 2.49. The van der Waals surface area contributed by atoms with Crippen molar-refractivity contribution in [2.24, 2.45) is 0 Å². The molecule has 1 aliphatic rings. The molecule has 0 saturated heterocycles. The summed E-state index contributed by atoms with van der Waals surface area (Å²) in [6, 6.07) is 5.31. The van der Waals surface area contributed by atoms with E-state index in [1.807, 2.05) is 6.07 Å². The van der Waals surface area contributed by atoms with Crippen molar-refractivity contribution in [3.05, 3.63) is 29.3 Å². The number of rotatable bonds is 1. The number of benzene rings is 1. The Morgan fingerprint density at radius 1 is 1.27 bits per heavy atom. The Labute approximate surface area is 85.5 Å². The summed E-state index contributed by atoms with van der Waals surface area (Å²) < 4.78 is 36.5. The molecule has 0 fully saturated rings. The van der Waals surface area contributed by atoms with Crippen LogP contribution in [0, 0.1) is 0 Å². The van der Waals surface area contributed by atoms with Gasteiger partial charge in [-0.3, -0.25) is 4.90 Å². The van der Waals surface area contributed by atoms with Crippen molar-refractivity contribution in [3.8, 4) is 0 Å². The molecule has 2 nitrogen and oxygen atoms in total. The second kappa shape index (κ2) is 3.41. The van der Waals surface area contributed by atoms with Crippen molar-refractivity contribution in [1.29, 1.82) is 0 Å². The number of nitrogen functional groups attached to an aromatic ring is 1. The number of nitrogens with zero attached hydrogens (tertiary/aromatic N) is 1. The van der Waals surface area contributed by atoms with E-state index in [0.717, 1.165) is 11.1 Å². The van der Waals surface area contributed by atoms with Crippen molar-refractivity contribution < 1.29 is 13.2 Å². The summed E-state index contributed by atoms with van der Waals surface area (Å²) in [5.74, 6) is 0. The second-order valence-electron chi connectivity index (χ2n) is 3.75. The average Bonchev–Trinajstić information content (AvgIpc) is 2.45. The maximum Gasteiger partial charge on any atom is 0.401 e. The average molecular weight is 216 g/mol. The minimum Gasteiger partial charge on any atom is -0.398 e. The Morgan fingerprint density at radius 2 is 2.00 bits per heavy atom. The molecule has 1 aromatic carbocycles. The van der Waals surface area contributed by atoms with Gasteiger partial charge in [0.1, 0.15) is 0 Å². The molecule has 0 aliphatic carbocycles. The van der Waals surface area contributed by atoms with Crippen molar-refractivity contribution in [2.75, 3.05) is 12.3 Å². The maximum absolute atomic E-state index is 12.2. The highest BCUT2D eigenvalue weighted by molar-refractivity contribution is 5.52. The largest absolute Gasteiger partial charge is 0.401 e. The van der Waals surface area contributed by atoms with Gasteiger partial charge in [0.25, 0.3) is 0 Å². The van der Waals surface area contributed by atoms with E-state index < -0.39 is 12.7 Å². The Hall–Kier alpha value is -1.23. The van der Waals surface area contributed by atoms with Crippen LogP contribution >= 0.6 is 0 Å². The van der Waals surface area contributed by atoms with Gasteiger partial charge < -0.3 is 5.73 Å². The fourth-order valence-electron chi connectivity index (χ4n) is 1.88. The van der Waals surface area contributed by atoms with Crippen LogP contribution in [0.15, 0.2) is 18.2 Å². The topological polar surface area (TPSA) is 29.3 Å². The second-order valence-corrected chi connectivity index (χ2v) is 3.75. The van der Waals surface area contributed by atoms with Crippen molar-refractivity contribution in [3.63, 3.8) is 0 Å². The van der Waals surface area contributed by atoms with E-state index >= 15 is 0 Å². The molecule has 1 aliphatic heterocycles. The number of fused-ring (bicyclic) bond motifs is 1. The fraction of sp³-hybridized carbons (Fsp3) is 0.400. The lowest BCUT2D eigenvalue weighted by molar-refractivity contribution is -0.146. The number of alkyl halides is 3.